The monoisotopic (exact) mass is 241 g/mol. The number of hydrogen-bond donors (Lipinski definition) is 0. The van der Waals surface area contributed by atoms with Crippen LogP contribution in [0.15, 0.2) is 12.2 Å². The highest BCUT2D eigenvalue weighted by Crippen LogP contribution is 2.17. The Balaban J connectivity index is 4.86. The second-order valence-corrected chi connectivity index (χ2v) is 5.19. The number of nitrogens with zero attached hydrogens (tertiary/aromatic N) is 1. The summed E-state index contributed by atoms with van der Waals surface area (Å²) >= 11 is 0. The molecule has 0 aromatic heterocycles. The van der Waals surface area contributed by atoms with E-state index in [-0.39, 0.29) is 0 Å². The fraction of sp³-hybridized carbons (Fsp3) is 0.692. The first-order chi connectivity index (χ1) is 7.66. The zero-order chi connectivity index (χ0) is 13.7. The summed E-state index contributed by atoms with van der Waals surface area (Å²) < 4.78 is 5.22. The molecule has 4 heteroatoms. The van der Waals surface area contributed by atoms with Gasteiger partial charge in [0.05, 0.1) is 0 Å². The van der Waals surface area contributed by atoms with Crippen LogP contribution in [0.5, 0.6) is 0 Å². The summed E-state index contributed by atoms with van der Waals surface area (Å²) in [5.41, 5.74) is -1.53. The van der Waals surface area contributed by atoms with E-state index in [1.807, 2.05) is 13.0 Å². The van der Waals surface area contributed by atoms with E-state index in [1.54, 1.807) is 40.8 Å². The van der Waals surface area contributed by atoms with E-state index in [2.05, 4.69) is 0 Å². The van der Waals surface area contributed by atoms with Crippen molar-refractivity contribution < 1.29 is 14.3 Å². The largest absolute Gasteiger partial charge is 0.444 e. The maximum absolute atomic E-state index is 11.8. The van der Waals surface area contributed by atoms with Gasteiger partial charge >= 0.3 is 6.09 Å². The number of ether oxygens (including phenoxy) is 1. The van der Waals surface area contributed by atoms with Gasteiger partial charge in [-0.05, 0) is 34.1 Å². The Hall–Kier alpha value is -1.32. The van der Waals surface area contributed by atoms with Crippen molar-refractivity contribution in [1.82, 2.24) is 4.90 Å². The van der Waals surface area contributed by atoms with Crippen molar-refractivity contribution in [2.24, 2.45) is 0 Å². The van der Waals surface area contributed by atoms with Gasteiger partial charge in [-0.1, -0.05) is 19.1 Å². The predicted molar refractivity (Wildman–Crippen MR) is 67.9 cm³/mol. The van der Waals surface area contributed by atoms with Gasteiger partial charge < -0.3 is 9.53 Å². The van der Waals surface area contributed by atoms with Gasteiger partial charge in [-0.3, -0.25) is 4.90 Å². The lowest BCUT2D eigenvalue weighted by Crippen LogP contribution is -2.49. The molecule has 0 saturated heterocycles. The van der Waals surface area contributed by atoms with Gasteiger partial charge in [-0.15, -0.1) is 0 Å². The molecule has 0 spiro atoms. The Morgan fingerprint density at radius 2 is 1.82 bits per heavy atom. The molecular formula is C13H23NO3. The normalized spacial score (nSPS) is 15.4. The maximum Gasteiger partial charge on any atom is 0.411 e. The van der Waals surface area contributed by atoms with E-state index in [0.717, 1.165) is 12.7 Å². The zero-order valence-corrected chi connectivity index (χ0v) is 11.6. The topological polar surface area (TPSA) is 46.6 Å². The molecule has 98 valence electrons. The van der Waals surface area contributed by atoms with Crippen molar-refractivity contribution >= 4 is 12.4 Å². The van der Waals surface area contributed by atoms with E-state index in [4.69, 9.17) is 4.74 Å². The molecule has 4 nitrogen and oxygen atoms in total. The van der Waals surface area contributed by atoms with Crippen molar-refractivity contribution in [2.75, 3.05) is 7.05 Å². The number of carbonyl (C=O) groups excluding carboxylic acids is 2. The summed E-state index contributed by atoms with van der Waals surface area (Å²) in [5.74, 6) is 0. The number of likely N-dealkylation sites (N-methyl/N-ethyl adjacent to an activating group) is 1. The molecule has 0 aliphatic rings. The lowest BCUT2D eigenvalue weighted by Gasteiger charge is -2.33. The molecule has 0 N–H and O–H groups in total. The molecule has 0 rings (SSSR count). The van der Waals surface area contributed by atoms with Crippen LogP contribution in [0.4, 0.5) is 4.79 Å². The first-order valence-electron chi connectivity index (χ1n) is 5.77. The first kappa shape index (κ1) is 15.7. The minimum Gasteiger partial charge on any atom is -0.444 e. The highest BCUT2D eigenvalue weighted by Gasteiger charge is 2.32. The molecule has 0 radical (unpaired) electrons. The predicted octanol–water partition coefficient (Wildman–Crippen LogP) is 2.78. The number of allylic oxidation sites excluding steroid dienone is 1. The fourth-order valence-electron chi connectivity index (χ4n) is 1.11. The van der Waals surface area contributed by atoms with Gasteiger partial charge in [0.15, 0.2) is 0 Å². The number of amides is 1. The van der Waals surface area contributed by atoms with Gasteiger partial charge in [0.1, 0.15) is 17.4 Å². The van der Waals surface area contributed by atoms with Gasteiger partial charge in [0.25, 0.3) is 0 Å². The third-order valence-electron chi connectivity index (χ3n) is 2.32. The maximum atomic E-state index is 11.8. The number of hydrogen-bond acceptors (Lipinski definition) is 3. The molecule has 0 saturated carbocycles. The molecular weight excluding hydrogens is 218 g/mol. The summed E-state index contributed by atoms with van der Waals surface area (Å²) in [7, 11) is 1.56. The van der Waals surface area contributed by atoms with Crippen LogP contribution in [0.2, 0.25) is 0 Å². The van der Waals surface area contributed by atoms with E-state index < -0.39 is 17.2 Å². The van der Waals surface area contributed by atoms with Crippen LogP contribution in [0.25, 0.3) is 0 Å². The van der Waals surface area contributed by atoms with Crippen molar-refractivity contribution in [3.8, 4) is 0 Å². The number of carbonyl (C=O) groups is 2. The van der Waals surface area contributed by atoms with Crippen LogP contribution in [-0.2, 0) is 9.53 Å². The van der Waals surface area contributed by atoms with Gasteiger partial charge in [-0.2, -0.15) is 0 Å². The Kier molecular flexibility index (Phi) is 5.39. The summed E-state index contributed by atoms with van der Waals surface area (Å²) in [6.07, 6.45) is 4.61. The molecule has 0 aliphatic heterocycles. The third kappa shape index (κ3) is 5.02. The summed E-state index contributed by atoms with van der Waals surface area (Å²) in [6.45, 7) is 9.02. The van der Waals surface area contributed by atoms with Crippen LogP contribution in [-0.4, -0.2) is 35.5 Å². The Morgan fingerprint density at radius 3 is 2.18 bits per heavy atom. The average Bonchev–Trinajstić information content (AvgIpc) is 2.22. The van der Waals surface area contributed by atoms with E-state index >= 15 is 0 Å². The highest BCUT2D eigenvalue weighted by atomic mass is 16.6. The van der Waals surface area contributed by atoms with Crippen LogP contribution in [0, 0.1) is 0 Å². The standard InChI is InChI=1S/C13H23NO3/c1-7-8-9-13(5,10-15)14(6)11(16)17-12(2,3)4/h8-10H,7H2,1-6H3/b9-8+. The molecule has 17 heavy (non-hydrogen) atoms. The van der Waals surface area contributed by atoms with E-state index in [1.165, 1.54) is 4.90 Å². The van der Waals surface area contributed by atoms with Gasteiger partial charge in [0, 0.05) is 7.05 Å². The Bertz CT molecular complexity index is 304. The molecule has 0 aliphatic carbocycles. The first-order valence-corrected chi connectivity index (χ1v) is 5.77. The molecule has 0 fully saturated rings. The van der Waals surface area contributed by atoms with E-state index in [9.17, 15) is 9.59 Å². The minimum atomic E-state index is -0.960. The second kappa shape index (κ2) is 5.84. The zero-order valence-electron chi connectivity index (χ0n) is 11.6. The van der Waals surface area contributed by atoms with Crippen LogP contribution in [0.3, 0.4) is 0 Å². The van der Waals surface area contributed by atoms with Crippen molar-refractivity contribution in [3.05, 3.63) is 12.2 Å². The van der Waals surface area contributed by atoms with Crippen molar-refractivity contribution in [1.29, 1.82) is 0 Å². The summed E-state index contributed by atoms with van der Waals surface area (Å²) in [4.78, 5) is 24.3. The lowest BCUT2D eigenvalue weighted by molar-refractivity contribution is -0.114. The lowest BCUT2D eigenvalue weighted by atomic mass is 10.0. The third-order valence-corrected chi connectivity index (χ3v) is 2.32. The Morgan fingerprint density at radius 1 is 1.29 bits per heavy atom. The second-order valence-electron chi connectivity index (χ2n) is 5.19. The minimum absolute atomic E-state index is 0.507. The quantitative estimate of drug-likeness (QED) is 0.561. The average molecular weight is 241 g/mol. The fourth-order valence-corrected chi connectivity index (χ4v) is 1.11. The number of aldehydes is 1. The van der Waals surface area contributed by atoms with Crippen molar-refractivity contribution in [3.63, 3.8) is 0 Å². The molecule has 1 atom stereocenters. The molecule has 1 amide bonds. The molecule has 0 aromatic carbocycles. The molecule has 0 aromatic rings. The Labute approximate surface area is 104 Å². The van der Waals surface area contributed by atoms with Crippen LogP contribution >= 0.6 is 0 Å². The molecule has 0 heterocycles. The van der Waals surface area contributed by atoms with Crippen molar-refractivity contribution in [2.45, 2.75) is 52.2 Å². The smallest absolute Gasteiger partial charge is 0.411 e. The van der Waals surface area contributed by atoms with Crippen LogP contribution < -0.4 is 0 Å². The summed E-state index contributed by atoms with van der Waals surface area (Å²) in [5, 5.41) is 0. The SMILES string of the molecule is CC/C=C/C(C)(C=O)N(C)C(=O)OC(C)(C)C. The molecule has 1 unspecified atom stereocenters. The van der Waals surface area contributed by atoms with Crippen LogP contribution in [0.1, 0.15) is 41.0 Å². The molecule has 0 bridgehead atoms. The number of rotatable bonds is 4. The van der Waals surface area contributed by atoms with Gasteiger partial charge in [-0.25, -0.2) is 4.79 Å². The summed E-state index contributed by atoms with van der Waals surface area (Å²) in [6, 6.07) is 0. The van der Waals surface area contributed by atoms with E-state index in [0.29, 0.717) is 0 Å². The highest BCUT2D eigenvalue weighted by molar-refractivity contribution is 5.78. The van der Waals surface area contributed by atoms with Gasteiger partial charge in [0.2, 0.25) is 0 Å².